The molecule has 0 aliphatic heterocycles. The Kier molecular flexibility index (Phi) is 4.02. The second-order valence-corrected chi connectivity index (χ2v) is 6.29. The van der Waals surface area contributed by atoms with Gasteiger partial charge in [0.05, 0.1) is 22.9 Å². The van der Waals surface area contributed by atoms with Crippen LogP contribution in [-0.4, -0.2) is 30.3 Å². The molecule has 0 spiro atoms. The Morgan fingerprint density at radius 2 is 1.96 bits per heavy atom. The van der Waals surface area contributed by atoms with Gasteiger partial charge >= 0.3 is 0 Å². The minimum atomic E-state index is -0.166. The number of amides is 1. The molecule has 1 amide bonds. The van der Waals surface area contributed by atoms with Gasteiger partial charge in [0.2, 0.25) is 0 Å². The summed E-state index contributed by atoms with van der Waals surface area (Å²) < 4.78 is 4.47. The molecule has 0 fully saturated rings. The predicted octanol–water partition coefficient (Wildman–Crippen LogP) is 2.61. The molecule has 0 saturated carbocycles. The smallest absolute Gasteiger partial charge is 0.251 e. The van der Waals surface area contributed by atoms with E-state index in [9.17, 15) is 4.79 Å². The highest BCUT2D eigenvalue weighted by molar-refractivity contribution is 9.10. The van der Waals surface area contributed by atoms with E-state index in [1.54, 1.807) is 23.0 Å². The van der Waals surface area contributed by atoms with E-state index in [0.29, 0.717) is 17.9 Å². The van der Waals surface area contributed by atoms with Crippen molar-refractivity contribution >= 4 is 27.5 Å². The first-order valence-electron chi connectivity index (χ1n) is 7.58. The summed E-state index contributed by atoms with van der Waals surface area (Å²) in [5.74, 6) is 0.517. The Morgan fingerprint density at radius 3 is 2.72 bits per heavy atom. The Labute approximate surface area is 151 Å². The maximum atomic E-state index is 12.3. The molecule has 0 atom stereocenters. The summed E-state index contributed by atoms with van der Waals surface area (Å²) in [7, 11) is 0. The average Bonchev–Trinajstić information content (AvgIpc) is 3.26. The number of nitrogens with one attached hydrogen (secondary N) is 1. The summed E-state index contributed by atoms with van der Waals surface area (Å²) in [5.41, 5.74) is 2.20. The number of benzene rings is 1. The zero-order valence-corrected chi connectivity index (χ0v) is 14.6. The van der Waals surface area contributed by atoms with Gasteiger partial charge in [0.25, 0.3) is 5.91 Å². The molecule has 25 heavy (non-hydrogen) atoms. The number of hydrogen-bond acceptors (Lipinski definition) is 4. The molecule has 4 rings (SSSR count). The van der Waals surface area contributed by atoms with Gasteiger partial charge in [0.15, 0.2) is 11.5 Å². The normalized spacial score (nSPS) is 10.9. The van der Waals surface area contributed by atoms with Crippen LogP contribution >= 0.6 is 15.9 Å². The van der Waals surface area contributed by atoms with Gasteiger partial charge in [-0.2, -0.15) is 5.10 Å². The first kappa shape index (κ1) is 15.5. The van der Waals surface area contributed by atoms with Crippen molar-refractivity contribution in [1.29, 1.82) is 0 Å². The molecular formula is C17H13BrN6O. The molecule has 3 aromatic heterocycles. The third-order valence-corrected chi connectivity index (χ3v) is 4.15. The lowest BCUT2D eigenvalue weighted by atomic mass is 10.2. The van der Waals surface area contributed by atoms with Crippen molar-refractivity contribution in [3.8, 4) is 5.69 Å². The van der Waals surface area contributed by atoms with Crippen LogP contribution in [0.25, 0.3) is 11.3 Å². The van der Waals surface area contributed by atoms with Crippen LogP contribution in [0, 0.1) is 0 Å². The van der Waals surface area contributed by atoms with Crippen LogP contribution in [-0.2, 0) is 6.54 Å². The van der Waals surface area contributed by atoms with Crippen LogP contribution in [0.15, 0.2) is 65.5 Å². The number of carbonyl (C=O) groups excluding carboxylic acids is 1. The Hall–Kier alpha value is -3.00. The van der Waals surface area contributed by atoms with Gasteiger partial charge in [-0.1, -0.05) is 6.07 Å². The highest BCUT2D eigenvalue weighted by Gasteiger charge is 2.09. The molecule has 0 unspecified atom stereocenters. The summed E-state index contributed by atoms with van der Waals surface area (Å²) in [4.78, 5) is 12.3. The SMILES string of the molecule is O=C(NCc1nnc2ccccn12)c1ccc(-n2cc(Br)cn2)cc1. The number of hydrogen-bond donors (Lipinski definition) is 1. The number of rotatable bonds is 4. The number of nitrogens with zero attached hydrogens (tertiary/aromatic N) is 5. The van der Waals surface area contributed by atoms with Gasteiger partial charge in [-0.25, -0.2) is 4.68 Å². The highest BCUT2D eigenvalue weighted by atomic mass is 79.9. The van der Waals surface area contributed by atoms with Gasteiger partial charge in [-0.05, 0) is 52.3 Å². The molecule has 1 aromatic carbocycles. The quantitative estimate of drug-likeness (QED) is 0.575. The molecule has 0 bridgehead atoms. The summed E-state index contributed by atoms with van der Waals surface area (Å²) in [6, 6.07) is 12.9. The molecule has 7 nitrogen and oxygen atoms in total. The lowest BCUT2D eigenvalue weighted by molar-refractivity contribution is 0.0950. The van der Waals surface area contributed by atoms with Crippen molar-refractivity contribution in [3.05, 3.63) is 76.9 Å². The number of pyridine rings is 1. The zero-order chi connectivity index (χ0) is 17.2. The van der Waals surface area contributed by atoms with Crippen molar-refractivity contribution in [1.82, 2.24) is 29.7 Å². The molecule has 4 aromatic rings. The molecule has 124 valence electrons. The molecular weight excluding hydrogens is 384 g/mol. The molecule has 0 saturated heterocycles. The lowest BCUT2D eigenvalue weighted by Crippen LogP contribution is -2.24. The molecule has 0 aliphatic carbocycles. The van der Waals surface area contributed by atoms with E-state index in [0.717, 1.165) is 15.8 Å². The lowest BCUT2D eigenvalue weighted by Gasteiger charge is -2.06. The van der Waals surface area contributed by atoms with Crippen LogP contribution in [0.1, 0.15) is 16.2 Å². The Bertz CT molecular complexity index is 1040. The maximum absolute atomic E-state index is 12.3. The van der Waals surface area contributed by atoms with E-state index in [1.807, 2.05) is 47.1 Å². The summed E-state index contributed by atoms with van der Waals surface area (Å²) >= 11 is 3.36. The molecule has 0 aliphatic rings. The van der Waals surface area contributed by atoms with Gasteiger partial charge < -0.3 is 5.32 Å². The van der Waals surface area contributed by atoms with Gasteiger partial charge in [-0.15, -0.1) is 10.2 Å². The molecule has 0 radical (unpaired) electrons. The van der Waals surface area contributed by atoms with Crippen LogP contribution in [0.2, 0.25) is 0 Å². The van der Waals surface area contributed by atoms with Crippen LogP contribution in [0.4, 0.5) is 0 Å². The monoisotopic (exact) mass is 396 g/mol. The third kappa shape index (κ3) is 3.16. The fourth-order valence-corrected chi connectivity index (χ4v) is 2.77. The molecule has 8 heteroatoms. The van der Waals surface area contributed by atoms with Gasteiger partial charge in [0.1, 0.15) is 0 Å². The van der Waals surface area contributed by atoms with Crippen molar-refractivity contribution in [3.63, 3.8) is 0 Å². The van der Waals surface area contributed by atoms with Crippen molar-refractivity contribution in [2.24, 2.45) is 0 Å². The standard InChI is InChI=1S/C17H13BrN6O/c18-13-9-20-24(11-13)14-6-4-12(5-7-14)17(25)19-10-16-22-21-15-3-1-2-8-23(15)16/h1-9,11H,10H2,(H,19,25). The fourth-order valence-electron chi connectivity index (χ4n) is 2.48. The van der Waals surface area contributed by atoms with E-state index in [2.05, 4.69) is 36.5 Å². The topological polar surface area (TPSA) is 77.1 Å². The van der Waals surface area contributed by atoms with Crippen molar-refractivity contribution in [2.75, 3.05) is 0 Å². The number of aromatic nitrogens is 5. The first-order chi connectivity index (χ1) is 12.2. The second-order valence-electron chi connectivity index (χ2n) is 5.38. The second kappa shape index (κ2) is 6.48. The first-order valence-corrected chi connectivity index (χ1v) is 8.37. The van der Waals surface area contributed by atoms with Crippen molar-refractivity contribution in [2.45, 2.75) is 6.54 Å². The highest BCUT2D eigenvalue weighted by Crippen LogP contribution is 2.13. The van der Waals surface area contributed by atoms with E-state index in [-0.39, 0.29) is 5.91 Å². The van der Waals surface area contributed by atoms with E-state index >= 15 is 0 Å². The summed E-state index contributed by atoms with van der Waals surface area (Å²) in [6.45, 7) is 0.303. The largest absolute Gasteiger partial charge is 0.345 e. The fraction of sp³-hybridized carbons (Fsp3) is 0.0588. The number of halogens is 1. The predicted molar refractivity (Wildman–Crippen MR) is 95.4 cm³/mol. The van der Waals surface area contributed by atoms with E-state index < -0.39 is 0 Å². The van der Waals surface area contributed by atoms with E-state index in [1.165, 1.54) is 0 Å². The number of fused-ring (bicyclic) bond motifs is 1. The van der Waals surface area contributed by atoms with Crippen LogP contribution in [0.3, 0.4) is 0 Å². The van der Waals surface area contributed by atoms with Crippen LogP contribution in [0.5, 0.6) is 0 Å². The zero-order valence-electron chi connectivity index (χ0n) is 13.0. The molecule has 3 heterocycles. The van der Waals surface area contributed by atoms with Gasteiger partial charge in [-0.3, -0.25) is 9.20 Å². The van der Waals surface area contributed by atoms with Gasteiger partial charge in [0, 0.05) is 18.0 Å². The maximum Gasteiger partial charge on any atom is 0.251 e. The molecule has 1 N–H and O–H groups in total. The van der Waals surface area contributed by atoms with Crippen molar-refractivity contribution < 1.29 is 4.79 Å². The third-order valence-electron chi connectivity index (χ3n) is 3.74. The summed E-state index contributed by atoms with van der Waals surface area (Å²) in [5, 5.41) is 15.2. The minimum Gasteiger partial charge on any atom is -0.345 e. The van der Waals surface area contributed by atoms with Crippen LogP contribution < -0.4 is 5.32 Å². The Morgan fingerprint density at radius 1 is 1.12 bits per heavy atom. The minimum absolute atomic E-state index is 0.166. The number of carbonyl (C=O) groups is 1. The Balaban J connectivity index is 1.46. The average molecular weight is 397 g/mol. The summed E-state index contributed by atoms with van der Waals surface area (Å²) in [6.07, 6.45) is 5.43. The van der Waals surface area contributed by atoms with E-state index in [4.69, 9.17) is 0 Å².